The Morgan fingerprint density at radius 3 is 0.835 bits per heavy atom. The minimum absolute atomic E-state index is 0. The zero-order valence-electron chi connectivity index (χ0n) is 62.7. The Kier molecular flexibility index (Phi) is 43.7. The molecule has 0 fully saturated rings. The first kappa shape index (κ1) is 95.1. The lowest BCUT2D eigenvalue weighted by Crippen LogP contribution is -2.08. The van der Waals surface area contributed by atoms with Crippen molar-refractivity contribution in [2.75, 3.05) is 0 Å². The number of phenolic OH excluding ortho intramolecular Hbond substituents is 2. The van der Waals surface area contributed by atoms with Gasteiger partial charge in [-0.05, 0) is 198 Å². The molecule has 5 N–H and O–H groups in total. The third-order valence-electron chi connectivity index (χ3n) is 17.7. The summed E-state index contributed by atoms with van der Waals surface area (Å²) >= 11 is 0. The van der Waals surface area contributed by atoms with Crippen LogP contribution in [-0.2, 0) is 28.8 Å². The topological polar surface area (TPSA) is 279 Å². The van der Waals surface area contributed by atoms with Crippen LogP contribution < -0.4 is 14.2 Å². The molecule has 0 bridgehead atoms. The molecule has 0 spiro atoms. The Hall–Kier alpha value is -12.3. The highest BCUT2D eigenvalue weighted by Crippen LogP contribution is 2.31. The molecule has 115 heavy (non-hydrogen) atoms. The second kappa shape index (κ2) is 52.8. The molecule has 0 unspecified atom stereocenters. The summed E-state index contributed by atoms with van der Waals surface area (Å²) < 4.78 is 96.8. The summed E-state index contributed by atoms with van der Waals surface area (Å²) in [5.74, 6) is -5.12. The number of esters is 3. The molecule has 0 aliphatic heterocycles. The zero-order valence-corrected chi connectivity index (χ0v) is 62.7. The fourth-order valence-electron chi connectivity index (χ4n) is 11.7. The van der Waals surface area contributed by atoms with Crippen LogP contribution in [0.5, 0.6) is 28.7 Å². The zero-order chi connectivity index (χ0) is 81.7. The molecule has 0 saturated heterocycles. The van der Waals surface area contributed by atoms with Gasteiger partial charge < -0.3 is 39.7 Å². The van der Waals surface area contributed by atoms with E-state index in [1.165, 1.54) is 115 Å². The van der Waals surface area contributed by atoms with Crippen molar-refractivity contribution in [3.8, 4) is 74.3 Å². The standard InChI is InChI=1S/C34H31F2NO4.C23H26F2O4.C12H8F2O.C11H7NO.C11H20O4.2CH4/c35-28-15-12-25(13-16-28)31-19-18-30(22-32(31)36)41-34(39)9-7-5-3-1-2-4-6-8-33(38)40-29-17-14-26-20-24(23-37)10-11-27(26)21-29;24-18-12-10-17(11-13-18)20-15-14-19(16-21(20)25)29-23(28)9-7-5-3-1-2-4-6-8-22(26)27;13-9-3-1-8(2-4-9)11-6-5-10(15)7-12(11)14;12-7-8-1-2-10-6-11(13)4-3-9(10)5-8;12-10(13)8-6-4-2-1-3-5-7-9-11(14)15;;/h10-22H,1-9H2;10-16H,1-9H2,(H,26,27);1-7,15H;1-6,13H;1-9H2,(H,12,13)(H,14,15);2*1H4. The summed E-state index contributed by atoms with van der Waals surface area (Å²) in [5.41, 5.74) is 3.85. The second-order valence-electron chi connectivity index (χ2n) is 26.7. The van der Waals surface area contributed by atoms with Crippen molar-refractivity contribution in [3.05, 3.63) is 246 Å². The van der Waals surface area contributed by atoms with Crippen LogP contribution in [0.2, 0.25) is 0 Å². The van der Waals surface area contributed by atoms with Gasteiger partial charge in [-0.15, -0.1) is 0 Å². The Morgan fingerprint density at radius 1 is 0.278 bits per heavy atom. The molecule has 608 valence electrons. The molecule has 0 atom stereocenters. The number of hydrogen-bond acceptors (Lipinski definition) is 13. The molecular formula is C93H100F6N2O14. The number of carbonyl (C=O) groups excluding carboxylic acids is 3. The Labute approximate surface area is 668 Å². The van der Waals surface area contributed by atoms with E-state index in [1.807, 2.05) is 18.2 Å². The maximum Gasteiger partial charge on any atom is 0.311 e. The van der Waals surface area contributed by atoms with E-state index < -0.39 is 58.9 Å². The van der Waals surface area contributed by atoms with Gasteiger partial charge in [-0.2, -0.15) is 10.5 Å². The average molecular weight is 1580 g/mol. The van der Waals surface area contributed by atoms with Crippen molar-refractivity contribution < 1.29 is 94.9 Å². The first-order chi connectivity index (χ1) is 54.4. The molecule has 0 amide bonds. The predicted octanol–water partition coefficient (Wildman–Crippen LogP) is 24.5. The summed E-state index contributed by atoms with van der Waals surface area (Å²) in [4.78, 5) is 67.0. The van der Waals surface area contributed by atoms with Crippen molar-refractivity contribution in [1.82, 2.24) is 0 Å². The number of carboxylic acid groups (broad SMARTS) is 3. The summed E-state index contributed by atoms with van der Waals surface area (Å²) in [5, 5.41) is 64.9. The molecule has 0 saturated carbocycles. The molecule has 0 aromatic heterocycles. The van der Waals surface area contributed by atoms with Gasteiger partial charge in [0.15, 0.2) is 0 Å². The van der Waals surface area contributed by atoms with E-state index in [9.17, 15) is 60.2 Å². The maximum absolute atomic E-state index is 14.5. The van der Waals surface area contributed by atoms with Crippen LogP contribution in [0.15, 0.2) is 200 Å². The number of rotatable bonds is 36. The number of aromatic hydroxyl groups is 2. The van der Waals surface area contributed by atoms with Gasteiger partial charge in [0.2, 0.25) is 0 Å². The fourth-order valence-corrected chi connectivity index (χ4v) is 11.7. The molecular weight excluding hydrogens is 1480 g/mol. The smallest absolute Gasteiger partial charge is 0.311 e. The molecule has 16 nitrogen and oxygen atoms in total. The number of carboxylic acids is 3. The van der Waals surface area contributed by atoms with Crippen LogP contribution in [0.25, 0.3) is 54.9 Å². The van der Waals surface area contributed by atoms with Crippen molar-refractivity contribution in [1.29, 1.82) is 10.5 Å². The molecule has 0 radical (unpaired) electrons. The van der Waals surface area contributed by atoms with E-state index in [2.05, 4.69) is 12.1 Å². The number of unbranched alkanes of at least 4 members (excludes halogenated alkanes) is 18. The monoisotopic (exact) mass is 1580 g/mol. The van der Waals surface area contributed by atoms with Crippen LogP contribution in [0.3, 0.4) is 0 Å². The molecule has 10 aromatic rings. The SMILES string of the molecule is C.C.N#Cc1ccc2cc(O)ccc2c1.N#Cc1ccc2cc(OC(=O)CCCCCCCCCC(=O)Oc3ccc(-c4ccc(F)cc4)c(F)c3)ccc2c1.O=C(O)CCCCCCCCCC(=O)O.O=C(O)CCCCCCCCCC(=O)Oc1ccc(-c2ccc(F)cc2)c(F)c1.Oc1ccc(-c2ccc(F)cc2)c(F)c1. The first-order valence-corrected chi connectivity index (χ1v) is 37.7. The highest BCUT2D eigenvalue weighted by atomic mass is 19.1. The number of ether oxygens (including phenoxy) is 3. The van der Waals surface area contributed by atoms with E-state index in [1.54, 1.807) is 54.6 Å². The molecule has 0 heterocycles. The van der Waals surface area contributed by atoms with Gasteiger partial charge in [0, 0.05) is 73.4 Å². The lowest BCUT2D eigenvalue weighted by atomic mass is 10.0. The lowest BCUT2D eigenvalue weighted by Gasteiger charge is -2.08. The third kappa shape index (κ3) is 37.3. The Balaban J connectivity index is 0.000000326. The normalized spacial score (nSPS) is 10.3. The summed E-state index contributed by atoms with van der Waals surface area (Å²) in [6.45, 7) is 0. The number of benzene rings is 10. The van der Waals surface area contributed by atoms with Crippen LogP contribution >= 0.6 is 0 Å². The average Bonchev–Trinajstić information content (AvgIpc) is 0.863. The van der Waals surface area contributed by atoms with Crippen LogP contribution in [0, 0.1) is 57.6 Å². The van der Waals surface area contributed by atoms with Gasteiger partial charge in [-0.3, -0.25) is 28.8 Å². The number of phenols is 2. The molecule has 10 aromatic carbocycles. The Morgan fingerprint density at radius 2 is 0.522 bits per heavy atom. The minimum Gasteiger partial charge on any atom is -0.508 e. The fraction of sp³-hybridized carbons (Fsp3) is 0.312. The molecule has 0 aliphatic carbocycles. The highest BCUT2D eigenvalue weighted by molar-refractivity contribution is 5.87. The second-order valence-corrected chi connectivity index (χ2v) is 26.7. The largest absolute Gasteiger partial charge is 0.508 e. The van der Waals surface area contributed by atoms with Crippen LogP contribution in [-0.4, -0.2) is 61.3 Å². The van der Waals surface area contributed by atoms with E-state index in [4.69, 9.17) is 45.2 Å². The van der Waals surface area contributed by atoms with Crippen molar-refractivity contribution in [2.24, 2.45) is 0 Å². The van der Waals surface area contributed by atoms with E-state index in [0.717, 1.165) is 149 Å². The first-order valence-electron chi connectivity index (χ1n) is 37.7. The number of aliphatic carboxylic acids is 3. The quantitative estimate of drug-likeness (QED) is 0.0106. The van der Waals surface area contributed by atoms with Gasteiger partial charge in [-0.25, -0.2) is 26.3 Å². The summed E-state index contributed by atoms with van der Waals surface area (Å²) in [7, 11) is 0. The predicted molar refractivity (Wildman–Crippen MR) is 434 cm³/mol. The molecule has 22 heteroatoms. The number of fused-ring (bicyclic) bond motifs is 2. The van der Waals surface area contributed by atoms with Crippen molar-refractivity contribution in [2.45, 2.75) is 188 Å². The Bertz CT molecular complexity index is 4770. The van der Waals surface area contributed by atoms with Gasteiger partial charge in [0.05, 0.1) is 23.3 Å². The number of halogens is 6. The molecule has 10 rings (SSSR count). The summed E-state index contributed by atoms with van der Waals surface area (Å²) in [6.07, 6.45) is 20.7. The third-order valence-corrected chi connectivity index (χ3v) is 17.7. The molecule has 0 aliphatic rings. The summed E-state index contributed by atoms with van der Waals surface area (Å²) in [6, 6.07) is 54.2. The van der Waals surface area contributed by atoms with Gasteiger partial charge in [-0.1, -0.05) is 172 Å². The van der Waals surface area contributed by atoms with Crippen molar-refractivity contribution >= 4 is 57.4 Å². The maximum atomic E-state index is 14.5. The number of hydrogen-bond donors (Lipinski definition) is 5. The number of carbonyl (C=O) groups is 6. The van der Waals surface area contributed by atoms with Crippen LogP contribution in [0.1, 0.15) is 199 Å². The van der Waals surface area contributed by atoms with Gasteiger partial charge >= 0.3 is 35.8 Å². The highest BCUT2D eigenvalue weighted by Gasteiger charge is 2.15. The lowest BCUT2D eigenvalue weighted by molar-refractivity contribution is -0.138. The van der Waals surface area contributed by atoms with Gasteiger partial charge in [0.25, 0.3) is 0 Å². The van der Waals surface area contributed by atoms with E-state index in [0.29, 0.717) is 75.9 Å². The number of nitrogens with zero attached hydrogens (tertiary/aromatic N) is 2. The van der Waals surface area contributed by atoms with Crippen molar-refractivity contribution in [3.63, 3.8) is 0 Å². The van der Waals surface area contributed by atoms with Gasteiger partial charge in [0.1, 0.15) is 63.7 Å². The number of nitriles is 2. The van der Waals surface area contributed by atoms with E-state index >= 15 is 0 Å². The van der Waals surface area contributed by atoms with Crippen LogP contribution in [0.4, 0.5) is 26.3 Å². The minimum atomic E-state index is -0.756. The van der Waals surface area contributed by atoms with E-state index in [-0.39, 0.29) is 81.7 Å².